The van der Waals surface area contributed by atoms with E-state index in [-0.39, 0.29) is 18.4 Å². The highest BCUT2D eigenvalue weighted by Crippen LogP contribution is 2.37. The molecule has 1 aliphatic carbocycles. The summed E-state index contributed by atoms with van der Waals surface area (Å²) in [4.78, 5) is 40.7. The van der Waals surface area contributed by atoms with Crippen LogP contribution in [0.5, 0.6) is 0 Å². The third kappa shape index (κ3) is 5.73. The monoisotopic (exact) mass is 441 g/mol. The fourth-order valence-electron chi connectivity index (χ4n) is 3.89. The first kappa shape index (κ1) is 23.0. The molecule has 1 aromatic carbocycles. The van der Waals surface area contributed by atoms with Gasteiger partial charge in [0.15, 0.2) is 0 Å². The van der Waals surface area contributed by atoms with Gasteiger partial charge in [-0.15, -0.1) is 11.3 Å². The molecule has 2 aromatic rings. The second kappa shape index (κ2) is 9.64. The number of carbonyl (C=O) groups excluding carboxylic acids is 3. The molecule has 3 rings (SSSR count). The second-order valence-electron chi connectivity index (χ2n) is 9.04. The van der Waals surface area contributed by atoms with Crippen molar-refractivity contribution in [1.82, 2.24) is 4.90 Å². The molecular formula is C24H31N3O3S. The Kier molecular flexibility index (Phi) is 7.15. The standard InChI is InChI=1S/C24H31N3O3S/c1-24(2,3)23(30)27(14-13-16-9-5-4-6-10-16)15-19(28)26-22-20(21(25)29)17-11-7-8-12-18(17)31-22/h4-6,9-10H,7-8,11-15H2,1-3H3,(H2,25,29)(H,26,28). The van der Waals surface area contributed by atoms with Crippen LogP contribution >= 0.6 is 11.3 Å². The molecule has 0 bridgehead atoms. The zero-order valence-electron chi connectivity index (χ0n) is 18.5. The van der Waals surface area contributed by atoms with Crippen molar-refractivity contribution in [3.05, 3.63) is 51.9 Å². The summed E-state index contributed by atoms with van der Waals surface area (Å²) in [5.74, 6) is -0.910. The molecule has 31 heavy (non-hydrogen) atoms. The average molecular weight is 442 g/mol. The predicted molar refractivity (Wildman–Crippen MR) is 124 cm³/mol. The van der Waals surface area contributed by atoms with Gasteiger partial charge in [0.1, 0.15) is 5.00 Å². The quantitative estimate of drug-likeness (QED) is 0.685. The number of anilines is 1. The fraction of sp³-hybridized carbons (Fsp3) is 0.458. The molecule has 166 valence electrons. The van der Waals surface area contributed by atoms with Crippen LogP contribution in [-0.4, -0.2) is 35.7 Å². The van der Waals surface area contributed by atoms with E-state index in [1.54, 1.807) is 4.90 Å². The third-order valence-electron chi connectivity index (χ3n) is 5.45. The van der Waals surface area contributed by atoms with E-state index < -0.39 is 11.3 Å². The fourth-order valence-corrected chi connectivity index (χ4v) is 5.20. The molecule has 0 aliphatic heterocycles. The number of hydrogen-bond acceptors (Lipinski definition) is 4. The maximum atomic E-state index is 13.0. The van der Waals surface area contributed by atoms with Crippen molar-refractivity contribution in [2.75, 3.05) is 18.4 Å². The molecule has 3 amide bonds. The van der Waals surface area contributed by atoms with Gasteiger partial charge in [-0.3, -0.25) is 14.4 Å². The molecule has 0 unspecified atom stereocenters. The summed E-state index contributed by atoms with van der Waals surface area (Å²) in [7, 11) is 0. The number of fused-ring (bicyclic) bond motifs is 1. The summed E-state index contributed by atoms with van der Waals surface area (Å²) >= 11 is 1.43. The van der Waals surface area contributed by atoms with Crippen molar-refractivity contribution >= 4 is 34.1 Å². The van der Waals surface area contributed by atoms with Crippen LogP contribution in [0.3, 0.4) is 0 Å². The Balaban J connectivity index is 1.75. The summed E-state index contributed by atoms with van der Waals surface area (Å²) in [6, 6.07) is 9.89. The Labute approximate surface area is 187 Å². The van der Waals surface area contributed by atoms with Crippen molar-refractivity contribution in [3.63, 3.8) is 0 Å². The van der Waals surface area contributed by atoms with E-state index in [9.17, 15) is 14.4 Å². The van der Waals surface area contributed by atoms with Crippen LogP contribution in [0.25, 0.3) is 0 Å². The van der Waals surface area contributed by atoms with Crippen molar-refractivity contribution < 1.29 is 14.4 Å². The van der Waals surface area contributed by atoms with Crippen LogP contribution in [0, 0.1) is 5.41 Å². The summed E-state index contributed by atoms with van der Waals surface area (Å²) < 4.78 is 0. The Bertz CT molecular complexity index is 960. The van der Waals surface area contributed by atoms with Gasteiger partial charge in [0.05, 0.1) is 12.1 Å². The van der Waals surface area contributed by atoms with Gasteiger partial charge in [0.2, 0.25) is 11.8 Å². The molecule has 6 nitrogen and oxygen atoms in total. The molecule has 0 radical (unpaired) electrons. The molecule has 0 saturated heterocycles. The van der Waals surface area contributed by atoms with Crippen LogP contribution in [0.2, 0.25) is 0 Å². The van der Waals surface area contributed by atoms with Gasteiger partial charge in [-0.25, -0.2) is 0 Å². The highest BCUT2D eigenvalue weighted by Gasteiger charge is 2.30. The molecule has 0 atom stereocenters. The SMILES string of the molecule is CC(C)(C)C(=O)N(CCc1ccccc1)CC(=O)Nc1sc2c(c1C(N)=O)CCCC2. The van der Waals surface area contributed by atoms with Gasteiger partial charge in [-0.2, -0.15) is 0 Å². The number of nitrogens with zero attached hydrogens (tertiary/aromatic N) is 1. The predicted octanol–water partition coefficient (Wildman–Crippen LogP) is 3.78. The summed E-state index contributed by atoms with van der Waals surface area (Å²) in [5, 5.41) is 3.38. The van der Waals surface area contributed by atoms with Crippen LogP contribution in [0.15, 0.2) is 30.3 Å². The Morgan fingerprint density at radius 3 is 2.42 bits per heavy atom. The van der Waals surface area contributed by atoms with E-state index in [2.05, 4.69) is 5.32 Å². The van der Waals surface area contributed by atoms with Crippen molar-refractivity contribution in [2.45, 2.75) is 52.9 Å². The van der Waals surface area contributed by atoms with E-state index >= 15 is 0 Å². The van der Waals surface area contributed by atoms with Crippen molar-refractivity contribution in [1.29, 1.82) is 0 Å². The lowest BCUT2D eigenvalue weighted by atomic mass is 9.94. The number of carbonyl (C=O) groups is 3. The number of aryl methyl sites for hydroxylation is 1. The zero-order valence-corrected chi connectivity index (χ0v) is 19.3. The first-order valence-electron chi connectivity index (χ1n) is 10.7. The normalized spacial score (nSPS) is 13.4. The molecule has 0 fully saturated rings. The van der Waals surface area contributed by atoms with Crippen LogP contribution in [-0.2, 0) is 28.9 Å². The lowest BCUT2D eigenvalue weighted by molar-refractivity contribution is -0.141. The summed E-state index contributed by atoms with van der Waals surface area (Å²) in [6.45, 7) is 5.92. The number of nitrogens with one attached hydrogen (secondary N) is 1. The summed E-state index contributed by atoms with van der Waals surface area (Å²) in [5.41, 5.74) is 7.55. The van der Waals surface area contributed by atoms with Crippen LogP contribution < -0.4 is 11.1 Å². The first-order valence-corrected chi connectivity index (χ1v) is 11.6. The molecule has 0 spiro atoms. The largest absolute Gasteiger partial charge is 0.365 e. The lowest BCUT2D eigenvalue weighted by Gasteiger charge is -2.29. The molecule has 1 aromatic heterocycles. The van der Waals surface area contributed by atoms with Gasteiger partial charge in [-0.05, 0) is 43.2 Å². The maximum absolute atomic E-state index is 13.0. The van der Waals surface area contributed by atoms with Gasteiger partial charge in [0, 0.05) is 16.8 Å². The van der Waals surface area contributed by atoms with Gasteiger partial charge < -0.3 is 16.0 Å². The number of nitrogens with two attached hydrogens (primary N) is 1. The molecular weight excluding hydrogens is 410 g/mol. The molecule has 1 aliphatic rings. The molecule has 3 N–H and O–H groups in total. The van der Waals surface area contributed by atoms with E-state index in [1.165, 1.54) is 11.3 Å². The Morgan fingerprint density at radius 1 is 1.10 bits per heavy atom. The van der Waals surface area contributed by atoms with E-state index in [1.807, 2.05) is 51.1 Å². The van der Waals surface area contributed by atoms with Crippen molar-refractivity contribution in [3.8, 4) is 0 Å². The highest BCUT2D eigenvalue weighted by atomic mass is 32.1. The smallest absolute Gasteiger partial charge is 0.251 e. The average Bonchev–Trinajstić information content (AvgIpc) is 3.08. The Hall–Kier alpha value is -2.67. The molecule has 0 saturated carbocycles. The number of hydrogen-bond donors (Lipinski definition) is 2. The first-order chi connectivity index (χ1) is 14.7. The van der Waals surface area contributed by atoms with E-state index in [4.69, 9.17) is 5.73 Å². The van der Waals surface area contributed by atoms with Crippen molar-refractivity contribution in [2.24, 2.45) is 11.1 Å². The number of amides is 3. The minimum absolute atomic E-state index is 0.0658. The van der Waals surface area contributed by atoms with Crippen LogP contribution in [0.1, 0.15) is 60.0 Å². The zero-order chi connectivity index (χ0) is 22.6. The number of primary amides is 1. The Morgan fingerprint density at radius 2 is 1.77 bits per heavy atom. The molecule has 1 heterocycles. The second-order valence-corrected chi connectivity index (χ2v) is 10.1. The van der Waals surface area contributed by atoms with E-state index in [0.29, 0.717) is 23.5 Å². The van der Waals surface area contributed by atoms with E-state index in [0.717, 1.165) is 41.7 Å². The van der Waals surface area contributed by atoms with Gasteiger partial charge in [-0.1, -0.05) is 51.1 Å². The minimum Gasteiger partial charge on any atom is -0.365 e. The lowest BCUT2D eigenvalue weighted by Crippen LogP contribution is -2.44. The number of rotatable bonds is 7. The topological polar surface area (TPSA) is 92.5 Å². The minimum atomic E-state index is -0.600. The number of benzene rings is 1. The van der Waals surface area contributed by atoms with Gasteiger partial charge in [0.25, 0.3) is 5.91 Å². The highest BCUT2D eigenvalue weighted by molar-refractivity contribution is 7.17. The third-order valence-corrected chi connectivity index (χ3v) is 6.65. The molecule has 7 heteroatoms. The van der Waals surface area contributed by atoms with Crippen LogP contribution in [0.4, 0.5) is 5.00 Å². The van der Waals surface area contributed by atoms with Gasteiger partial charge >= 0.3 is 0 Å². The summed E-state index contributed by atoms with van der Waals surface area (Å²) in [6.07, 6.45) is 4.47. The maximum Gasteiger partial charge on any atom is 0.251 e. The number of thiophene rings is 1.